The normalized spacial score (nSPS) is 11.5. The van der Waals surface area contributed by atoms with E-state index >= 15 is 0 Å². The van der Waals surface area contributed by atoms with Crippen LogP contribution in [0.5, 0.6) is 5.75 Å². The number of halogens is 1. The van der Waals surface area contributed by atoms with E-state index in [9.17, 15) is 0 Å². The lowest BCUT2D eigenvalue weighted by Crippen LogP contribution is -2.12. The van der Waals surface area contributed by atoms with Crippen molar-refractivity contribution in [2.45, 2.75) is 26.0 Å². The lowest BCUT2D eigenvalue weighted by molar-refractivity contribution is 0.251. The first kappa shape index (κ1) is 15.1. The van der Waals surface area contributed by atoms with Crippen molar-refractivity contribution in [1.29, 1.82) is 5.26 Å². The number of nitriles is 1. The molecular formula is C15H15ClN4O. The Labute approximate surface area is 128 Å². The van der Waals surface area contributed by atoms with Gasteiger partial charge in [0.15, 0.2) is 6.10 Å². The molecule has 0 saturated carbocycles. The van der Waals surface area contributed by atoms with Crippen molar-refractivity contribution in [3.63, 3.8) is 0 Å². The van der Waals surface area contributed by atoms with Gasteiger partial charge in [0.25, 0.3) is 0 Å². The molecule has 5 nitrogen and oxygen atoms in total. The number of hydrogen-bond acceptors (Lipinski definition) is 5. The third kappa shape index (κ3) is 4.33. The molecule has 6 heteroatoms. The summed E-state index contributed by atoms with van der Waals surface area (Å²) in [5.41, 5.74) is 1.01. The average Bonchev–Trinajstić information content (AvgIpc) is 2.52. The maximum Gasteiger partial charge on any atom is 0.184 e. The second-order valence-electron chi connectivity index (χ2n) is 4.36. The highest BCUT2D eigenvalue weighted by Crippen LogP contribution is 2.19. The third-order valence-corrected chi connectivity index (χ3v) is 3.10. The number of aromatic nitrogens is 2. The standard InChI is InChI=1S/C15H15ClN4O/c1-2-12(7-17)21-13-5-3-4-11(6-13)8-19-15-14(16)9-18-10-20-15/h3-6,9-10,12H,2,8H2,1H3,(H,18,19,20). The smallest absolute Gasteiger partial charge is 0.184 e. The van der Waals surface area contributed by atoms with Crippen LogP contribution in [0, 0.1) is 11.3 Å². The largest absolute Gasteiger partial charge is 0.476 e. The van der Waals surface area contributed by atoms with Crippen molar-refractivity contribution < 1.29 is 4.74 Å². The van der Waals surface area contributed by atoms with Gasteiger partial charge in [0, 0.05) is 6.54 Å². The number of rotatable bonds is 6. The SMILES string of the molecule is CCC(C#N)Oc1cccc(CNc2ncncc2Cl)c1. The van der Waals surface area contributed by atoms with Crippen LogP contribution in [0.4, 0.5) is 5.82 Å². The fourth-order valence-electron chi connectivity index (χ4n) is 1.72. The number of hydrogen-bond donors (Lipinski definition) is 1. The van der Waals surface area contributed by atoms with Crippen LogP contribution in [0.3, 0.4) is 0 Å². The molecule has 21 heavy (non-hydrogen) atoms. The first-order valence-electron chi connectivity index (χ1n) is 6.57. The molecule has 0 amide bonds. The van der Waals surface area contributed by atoms with Crippen LogP contribution in [0.2, 0.25) is 5.02 Å². The van der Waals surface area contributed by atoms with E-state index in [1.165, 1.54) is 12.5 Å². The summed E-state index contributed by atoms with van der Waals surface area (Å²) >= 11 is 5.98. The highest BCUT2D eigenvalue weighted by molar-refractivity contribution is 6.32. The molecule has 1 aromatic carbocycles. The van der Waals surface area contributed by atoms with Crippen LogP contribution >= 0.6 is 11.6 Å². The Morgan fingerprint density at radius 3 is 3.05 bits per heavy atom. The molecular weight excluding hydrogens is 288 g/mol. The van der Waals surface area contributed by atoms with E-state index in [0.717, 1.165) is 5.56 Å². The minimum atomic E-state index is -0.426. The van der Waals surface area contributed by atoms with E-state index in [2.05, 4.69) is 21.4 Å². The summed E-state index contributed by atoms with van der Waals surface area (Å²) < 4.78 is 5.59. The zero-order chi connectivity index (χ0) is 15.1. The summed E-state index contributed by atoms with van der Waals surface area (Å²) in [6.07, 6.45) is 3.20. The van der Waals surface area contributed by atoms with Gasteiger partial charge in [-0.3, -0.25) is 0 Å². The van der Waals surface area contributed by atoms with E-state index < -0.39 is 6.10 Å². The third-order valence-electron chi connectivity index (χ3n) is 2.82. The predicted octanol–water partition coefficient (Wildman–Crippen LogP) is 3.42. The number of nitrogens with zero attached hydrogens (tertiary/aromatic N) is 3. The number of ether oxygens (including phenoxy) is 1. The summed E-state index contributed by atoms with van der Waals surface area (Å²) in [7, 11) is 0. The van der Waals surface area contributed by atoms with Crippen molar-refractivity contribution in [1.82, 2.24) is 9.97 Å². The van der Waals surface area contributed by atoms with Crippen molar-refractivity contribution in [3.05, 3.63) is 47.4 Å². The quantitative estimate of drug-likeness (QED) is 0.885. The predicted molar refractivity (Wildman–Crippen MR) is 81.1 cm³/mol. The molecule has 0 fully saturated rings. The van der Waals surface area contributed by atoms with E-state index in [4.69, 9.17) is 21.6 Å². The monoisotopic (exact) mass is 302 g/mol. The second kappa shape index (κ2) is 7.46. The number of benzene rings is 1. The van der Waals surface area contributed by atoms with Gasteiger partial charge in [-0.25, -0.2) is 9.97 Å². The van der Waals surface area contributed by atoms with Crippen molar-refractivity contribution in [2.24, 2.45) is 0 Å². The molecule has 0 aliphatic carbocycles. The number of nitrogens with one attached hydrogen (secondary N) is 1. The summed E-state index contributed by atoms with van der Waals surface area (Å²) in [6.45, 7) is 2.47. The van der Waals surface area contributed by atoms with E-state index in [1.807, 2.05) is 31.2 Å². The Morgan fingerprint density at radius 2 is 2.33 bits per heavy atom. The van der Waals surface area contributed by atoms with Crippen molar-refractivity contribution in [2.75, 3.05) is 5.32 Å². The fourth-order valence-corrected chi connectivity index (χ4v) is 1.89. The molecule has 1 atom stereocenters. The molecule has 2 rings (SSSR count). The molecule has 0 saturated heterocycles. The Hall–Kier alpha value is -2.32. The molecule has 0 aliphatic rings. The topological polar surface area (TPSA) is 70.8 Å². The molecule has 0 bridgehead atoms. The molecule has 1 aromatic heterocycles. The molecule has 1 unspecified atom stereocenters. The minimum absolute atomic E-state index is 0.426. The van der Waals surface area contributed by atoms with Gasteiger partial charge >= 0.3 is 0 Å². The fraction of sp³-hybridized carbons (Fsp3) is 0.267. The van der Waals surface area contributed by atoms with E-state index in [0.29, 0.717) is 29.6 Å². The van der Waals surface area contributed by atoms with Gasteiger partial charge in [-0.2, -0.15) is 5.26 Å². The van der Waals surface area contributed by atoms with Gasteiger partial charge in [-0.15, -0.1) is 0 Å². The number of anilines is 1. The highest BCUT2D eigenvalue weighted by atomic mass is 35.5. The van der Waals surface area contributed by atoms with Gasteiger partial charge in [-0.1, -0.05) is 30.7 Å². The van der Waals surface area contributed by atoms with Gasteiger partial charge in [0.2, 0.25) is 0 Å². The first-order chi connectivity index (χ1) is 10.2. The van der Waals surface area contributed by atoms with Gasteiger partial charge in [0.1, 0.15) is 29.0 Å². The maximum atomic E-state index is 8.92. The van der Waals surface area contributed by atoms with Crippen LogP contribution < -0.4 is 10.1 Å². The Bertz CT molecular complexity index is 642. The first-order valence-corrected chi connectivity index (χ1v) is 6.95. The maximum absolute atomic E-state index is 8.92. The Morgan fingerprint density at radius 1 is 1.48 bits per heavy atom. The Balaban J connectivity index is 2.01. The van der Waals surface area contributed by atoms with E-state index in [-0.39, 0.29) is 0 Å². The van der Waals surface area contributed by atoms with Gasteiger partial charge < -0.3 is 10.1 Å². The zero-order valence-electron chi connectivity index (χ0n) is 11.6. The lowest BCUT2D eigenvalue weighted by atomic mass is 10.2. The minimum Gasteiger partial charge on any atom is -0.476 e. The van der Waals surface area contributed by atoms with Crippen LogP contribution in [0.15, 0.2) is 36.8 Å². The van der Waals surface area contributed by atoms with Crippen LogP contribution in [-0.2, 0) is 6.54 Å². The summed E-state index contributed by atoms with van der Waals surface area (Å²) in [4.78, 5) is 7.89. The van der Waals surface area contributed by atoms with Crippen LogP contribution in [0.1, 0.15) is 18.9 Å². The molecule has 0 spiro atoms. The van der Waals surface area contributed by atoms with Crippen LogP contribution in [0.25, 0.3) is 0 Å². The lowest BCUT2D eigenvalue weighted by Gasteiger charge is -2.12. The van der Waals surface area contributed by atoms with Crippen molar-refractivity contribution >= 4 is 17.4 Å². The molecule has 0 radical (unpaired) electrons. The molecule has 0 aliphatic heterocycles. The van der Waals surface area contributed by atoms with E-state index in [1.54, 1.807) is 0 Å². The summed E-state index contributed by atoms with van der Waals surface area (Å²) in [6, 6.07) is 9.69. The molecule has 108 valence electrons. The molecule has 1 N–H and O–H groups in total. The Kier molecular flexibility index (Phi) is 5.35. The zero-order valence-corrected chi connectivity index (χ0v) is 12.3. The molecule has 2 aromatic rings. The van der Waals surface area contributed by atoms with Crippen LogP contribution in [-0.4, -0.2) is 16.1 Å². The van der Waals surface area contributed by atoms with Crippen molar-refractivity contribution in [3.8, 4) is 11.8 Å². The summed E-state index contributed by atoms with van der Waals surface area (Å²) in [5, 5.41) is 12.5. The summed E-state index contributed by atoms with van der Waals surface area (Å²) in [5.74, 6) is 1.26. The van der Waals surface area contributed by atoms with Gasteiger partial charge in [-0.05, 0) is 24.1 Å². The molecule has 1 heterocycles. The second-order valence-corrected chi connectivity index (χ2v) is 4.77. The highest BCUT2D eigenvalue weighted by Gasteiger charge is 2.07. The average molecular weight is 303 g/mol. The van der Waals surface area contributed by atoms with Gasteiger partial charge in [0.05, 0.1) is 6.20 Å².